The summed E-state index contributed by atoms with van der Waals surface area (Å²) in [6, 6.07) is 1.88. The maximum Gasteiger partial charge on any atom is 0.220 e. The summed E-state index contributed by atoms with van der Waals surface area (Å²) in [6.07, 6.45) is 2.63. The number of rotatable bonds is 2. The molecule has 2 heterocycles. The van der Waals surface area contributed by atoms with Crippen LogP contribution in [0.1, 0.15) is 12.5 Å². The standard InChI is InChI=1S/C9H11NO2/c1-2-11-9-7-4-6-12-8(7)3-5-10-9/h3,5H,2,4,6H2,1H3. The van der Waals surface area contributed by atoms with Crippen LogP contribution in [0.15, 0.2) is 12.3 Å². The number of hydrogen-bond acceptors (Lipinski definition) is 3. The topological polar surface area (TPSA) is 31.4 Å². The van der Waals surface area contributed by atoms with E-state index < -0.39 is 0 Å². The van der Waals surface area contributed by atoms with Gasteiger partial charge in [-0.3, -0.25) is 0 Å². The fourth-order valence-corrected chi connectivity index (χ4v) is 1.35. The second-order valence-electron chi connectivity index (χ2n) is 2.62. The number of aromatic nitrogens is 1. The van der Waals surface area contributed by atoms with Gasteiger partial charge in [0.25, 0.3) is 0 Å². The first kappa shape index (κ1) is 7.40. The molecule has 0 unspecified atom stereocenters. The molecule has 3 heteroatoms. The lowest BCUT2D eigenvalue weighted by atomic mass is 10.2. The molecule has 0 aliphatic carbocycles. The Labute approximate surface area is 71.3 Å². The summed E-state index contributed by atoms with van der Waals surface area (Å²) in [5.41, 5.74) is 1.11. The monoisotopic (exact) mass is 165 g/mol. The van der Waals surface area contributed by atoms with E-state index in [1.165, 1.54) is 0 Å². The molecule has 1 aliphatic heterocycles. The molecule has 1 aromatic rings. The van der Waals surface area contributed by atoms with Crippen molar-refractivity contribution in [3.8, 4) is 11.6 Å². The van der Waals surface area contributed by atoms with Crippen LogP contribution < -0.4 is 9.47 Å². The zero-order chi connectivity index (χ0) is 8.39. The van der Waals surface area contributed by atoms with E-state index in [4.69, 9.17) is 9.47 Å². The molecule has 2 rings (SSSR count). The van der Waals surface area contributed by atoms with E-state index in [0.29, 0.717) is 6.61 Å². The number of pyridine rings is 1. The third-order valence-electron chi connectivity index (χ3n) is 1.86. The summed E-state index contributed by atoms with van der Waals surface area (Å²) in [6.45, 7) is 3.36. The second-order valence-corrected chi connectivity index (χ2v) is 2.62. The summed E-state index contributed by atoms with van der Waals surface area (Å²) in [5, 5.41) is 0. The molecule has 64 valence electrons. The van der Waals surface area contributed by atoms with Crippen molar-refractivity contribution in [2.75, 3.05) is 13.2 Å². The Morgan fingerprint density at radius 1 is 1.67 bits per heavy atom. The lowest BCUT2D eigenvalue weighted by Gasteiger charge is -2.04. The van der Waals surface area contributed by atoms with Gasteiger partial charge in [-0.15, -0.1) is 0 Å². The lowest BCUT2D eigenvalue weighted by molar-refractivity contribution is 0.323. The fourth-order valence-electron chi connectivity index (χ4n) is 1.35. The highest BCUT2D eigenvalue weighted by atomic mass is 16.5. The van der Waals surface area contributed by atoms with Crippen molar-refractivity contribution in [3.05, 3.63) is 17.8 Å². The molecule has 0 saturated carbocycles. The van der Waals surface area contributed by atoms with Crippen LogP contribution in [0.25, 0.3) is 0 Å². The first-order chi connectivity index (χ1) is 5.92. The van der Waals surface area contributed by atoms with Crippen LogP contribution in [0.4, 0.5) is 0 Å². The highest BCUT2D eigenvalue weighted by Crippen LogP contribution is 2.30. The van der Waals surface area contributed by atoms with E-state index >= 15 is 0 Å². The van der Waals surface area contributed by atoms with Crippen LogP contribution in [0.3, 0.4) is 0 Å². The number of hydrogen-bond donors (Lipinski definition) is 0. The van der Waals surface area contributed by atoms with Crippen molar-refractivity contribution in [2.45, 2.75) is 13.3 Å². The zero-order valence-corrected chi connectivity index (χ0v) is 7.04. The van der Waals surface area contributed by atoms with Gasteiger partial charge >= 0.3 is 0 Å². The number of nitrogens with zero attached hydrogens (tertiary/aromatic N) is 1. The first-order valence-electron chi connectivity index (χ1n) is 4.15. The van der Waals surface area contributed by atoms with Gasteiger partial charge in [-0.25, -0.2) is 4.98 Å². The smallest absolute Gasteiger partial charge is 0.220 e. The minimum atomic E-state index is 0.656. The Balaban J connectivity index is 2.36. The van der Waals surface area contributed by atoms with Crippen LogP contribution in [-0.4, -0.2) is 18.2 Å². The molecule has 0 amide bonds. The van der Waals surface area contributed by atoms with Crippen molar-refractivity contribution in [2.24, 2.45) is 0 Å². The molecule has 0 saturated heterocycles. The van der Waals surface area contributed by atoms with E-state index in [1.54, 1.807) is 6.20 Å². The van der Waals surface area contributed by atoms with Crippen molar-refractivity contribution in [3.63, 3.8) is 0 Å². The van der Waals surface area contributed by atoms with Gasteiger partial charge in [0.1, 0.15) is 5.75 Å². The maximum absolute atomic E-state index is 5.37. The highest BCUT2D eigenvalue weighted by molar-refractivity contribution is 5.42. The largest absolute Gasteiger partial charge is 0.493 e. The molecule has 3 nitrogen and oxygen atoms in total. The third kappa shape index (κ3) is 1.11. The van der Waals surface area contributed by atoms with Gasteiger partial charge in [0.05, 0.1) is 18.8 Å². The van der Waals surface area contributed by atoms with Crippen molar-refractivity contribution < 1.29 is 9.47 Å². The summed E-state index contributed by atoms with van der Waals surface area (Å²) in [5.74, 6) is 1.65. The molecule has 0 radical (unpaired) electrons. The van der Waals surface area contributed by atoms with E-state index in [1.807, 2.05) is 13.0 Å². The van der Waals surface area contributed by atoms with Gasteiger partial charge in [-0.05, 0) is 13.0 Å². The van der Waals surface area contributed by atoms with Crippen molar-refractivity contribution in [1.29, 1.82) is 0 Å². The minimum absolute atomic E-state index is 0.656. The van der Waals surface area contributed by atoms with Crippen LogP contribution in [0, 0.1) is 0 Å². The molecule has 12 heavy (non-hydrogen) atoms. The highest BCUT2D eigenvalue weighted by Gasteiger charge is 2.17. The summed E-state index contributed by atoms with van der Waals surface area (Å²) >= 11 is 0. The molecule has 0 bridgehead atoms. The summed E-state index contributed by atoms with van der Waals surface area (Å²) < 4.78 is 10.7. The molecular formula is C9H11NO2. The Morgan fingerprint density at radius 3 is 3.42 bits per heavy atom. The predicted octanol–water partition coefficient (Wildman–Crippen LogP) is 1.42. The predicted molar refractivity (Wildman–Crippen MR) is 44.6 cm³/mol. The van der Waals surface area contributed by atoms with Crippen LogP contribution >= 0.6 is 0 Å². The molecule has 0 spiro atoms. The van der Waals surface area contributed by atoms with Gasteiger partial charge in [-0.2, -0.15) is 0 Å². The van der Waals surface area contributed by atoms with Gasteiger partial charge in [0, 0.05) is 12.6 Å². The minimum Gasteiger partial charge on any atom is -0.493 e. The Kier molecular flexibility index (Phi) is 1.86. The quantitative estimate of drug-likeness (QED) is 0.664. The zero-order valence-electron chi connectivity index (χ0n) is 7.04. The Bertz CT molecular complexity index is 286. The normalized spacial score (nSPS) is 13.8. The Hall–Kier alpha value is -1.25. The Morgan fingerprint density at radius 2 is 2.58 bits per heavy atom. The van der Waals surface area contributed by atoms with Crippen LogP contribution in [0.2, 0.25) is 0 Å². The van der Waals surface area contributed by atoms with Crippen LogP contribution in [-0.2, 0) is 6.42 Å². The molecular weight excluding hydrogens is 154 g/mol. The van der Waals surface area contributed by atoms with Gasteiger partial charge in [0.15, 0.2) is 0 Å². The van der Waals surface area contributed by atoms with Crippen LogP contribution in [0.5, 0.6) is 11.6 Å². The lowest BCUT2D eigenvalue weighted by Crippen LogP contribution is -1.97. The number of fused-ring (bicyclic) bond motifs is 1. The molecule has 1 aliphatic rings. The van der Waals surface area contributed by atoms with Gasteiger partial charge in [-0.1, -0.05) is 0 Å². The van der Waals surface area contributed by atoms with Gasteiger partial charge < -0.3 is 9.47 Å². The average Bonchev–Trinajstić information content (AvgIpc) is 2.53. The molecule has 0 atom stereocenters. The molecule has 0 fully saturated rings. The van der Waals surface area contributed by atoms with E-state index in [2.05, 4.69) is 4.98 Å². The molecule has 0 aromatic carbocycles. The van der Waals surface area contributed by atoms with Crippen molar-refractivity contribution >= 4 is 0 Å². The third-order valence-corrected chi connectivity index (χ3v) is 1.86. The molecule has 0 N–H and O–H groups in total. The summed E-state index contributed by atoms with van der Waals surface area (Å²) in [7, 11) is 0. The first-order valence-corrected chi connectivity index (χ1v) is 4.15. The average molecular weight is 165 g/mol. The van der Waals surface area contributed by atoms with E-state index in [0.717, 1.165) is 30.2 Å². The van der Waals surface area contributed by atoms with E-state index in [9.17, 15) is 0 Å². The number of ether oxygens (including phenoxy) is 2. The maximum atomic E-state index is 5.37. The van der Waals surface area contributed by atoms with E-state index in [-0.39, 0.29) is 0 Å². The van der Waals surface area contributed by atoms with Crippen molar-refractivity contribution in [1.82, 2.24) is 4.98 Å². The fraction of sp³-hybridized carbons (Fsp3) is 0.444. The summed E-state index contributed by atoms with van der Waals surface area (Å²) in [4.78, 5) is 4.14. The second kappa shape index (κ2) is 3.01. The molecule has 1 aromatic heterocycles. The SMILES string of the molecule is CCOc1nccc2c1CCO2. The van der Waals surface area contributed by atoms with Gasteiger partial charge in [0.2, 0.25) is 5.88 Å².